The van der Waals surface area contributed by atoms with Crippen LogP contribution in [0.3, 0.4) is 0 Å². The molecule has 1 aromatic rings. The molecule has 0 spiro atoms. The maximum atomic E-state index is 12.4. The van der Waals surface area contributed by atoms with Crippen LogP contribution in [0.5, 0.6) is 0 Å². The summed E-state index contributed by atoms with van der Waals surface area (Å²) in [6.07, 6.45) is 2.15. The van der Waals surface area contributed by atoms with E-state index in [9.17, 15) is 4.79 Å². The summed E-state index contributed by atoms with van der Waals surface area (Å²) in [6, 6.07) is 2.36. The van der Waals surface area contributed by atoms with Crippen molar-refractivity contribution >= 4 is 33.2 Å². The Morgan fingerprint density at radius 1 is 1.50 bits per heavy atom. The van der Waals surface area contributed by atoms with Crippen LogP contribution in [0.25, 0.3) is 0 Å². The van der Waals surface area contributed by atoms with E-state index in [0.29, 0.717) is 6.04 Å². The molecule has 1 fully saturated rings. The Bertz CT molecular complexity index is 419. The number of carbonyl (C=O) groups excluding carboxylic acids is 1. The number of amides is 1. The highest BCUT2D eigenvalue weighted by Crippen LogP contribution is 2.29. The molecule has 18 heavy (non-hydrogen) atoms. The smallest absolute Gasteiger partial charge is 0.263 e. The van der Waals surface area contributed by atoms with Crippen molar-refractivity contribution in [3.8, 4) is 0 Å². The number of thiophene rings is 1. The van der Waals surface area contributed by atoms with E-state index in [4.69, 9.17) is 0 Å². The first kappa shape index (κ1) is 14.0. The summed E-state index contributed by atoms with van der Waals surface area (Å²) in [5, 5.41) is 0. The van der Waals surface area contributed by atoms with Crippen molar-refractivity contribution < 1.29 is 4.79 Å². The second-order valence-corrected chi connectivity index (χ2v) is 7.39. The van der Waals surface area contributed by atoms with Gasteiger partial charge < -0.3 is 9.80 Å². The third-order valence-electron chi connectivity index (χ3n) is 3.62. The molecule has 0 unspecified atom stereocenters. The molecule has 1 amide bonds. The molecule has 1 aromatic heterocycles. The Kier molecular flexibility index (Phi) is 4.45. The largest absolute Gasteiger partial charge is 0.338 e. The summed E-state index contributed by atoms with van der Waals surface area (Å²) in [4.78, 5) is 17.5. The van der Waals surface area contributed by atoms with Gasteiger partial charge in [-0.05, 0) is 67.5 Å². The number of rotatable bonds is 2. The minimum atomic E-state index is 0.156. The highest BCUT2D eigenvalue weighted by Gasteiger charge is 2.25. The van der Waals surface area contributed by atoms with Crippen molar-refractivity contribution in [1.82, 2.24) is 9.80 Å². The predicted octanol–water partition coefficient (Wildman–Crippen LogP) is 2.99. The van der Waals surface area contributed by atoms with Crippen LogP contribution in [0.2, 0.25) is 0 Å². The van der Waals surface area contributed by atoms with Crippen LogP contribution < -0.4 is 0 Å². The quantitative estimate of drug-likeness (QED) is 0.832. The van der Waals surface area contributed by atoms with Crippen molar-refractivity contribution in [2.24, 2.45) is 0 Å². The van der Waals surface area contributed by atoms with E-state index in [1.165, 1.54) is 11.3 Å². The van der Waals surface area contributed by atoms with Gasteiger partial charge in [0, 0.05) is 13.1 Å². The highest BCUT2D eigenvalue weighted by molar-refractivity contribution is 9.11. The SMILES string of the molecule is Cc1cc(C(=O)N(C)C2CCN(C)CC2)sc1Br. The lowest BCUT2D eigenvalue weighted by molar-refractivity contribution is 0.0664. The van der Waals surface area contributed by atoms with E-state index in [-0.39, 0.29) is 5.91 Å². The number of hydrogen-bond acceptors (Lipinski definition) is 3. The molecule has 1 aliphatic heterocycles. The van der Waals surface area contributed by atoms with Gasteiger partial charge in [-0.1, -0.05) is 0 Å². The third-order valence-corrected chi connectivity index (χ3v) is 5.75. The topological polar surface area (TPSA) is 23.6 Å². The van der Waals surface area contributed by atoms with Crippen LogP contribution in [-0.2, 0) is 0 Å². The van der Waals surface area contributed by atoms with Gasteiger partial charge >= 0.3 is 0 Å². The zero-order valence-electron chi connectivity index (χ0n) is 11.1. The molecular formula is C13H19BrN2OS. The molecule has 0 bridgehead atoms. The summed E-state index contributed by atoms with van der Waals surface area (Å²) >= 11 is 5.01. The number of aryl methyl sites for hydroxylation is 1. The summed E-state index contributed by atoms with van der Waals surface area (Å²) in [6.45, 7) is 4.18. The molecule has 2 heterocycles. The van der Waals surface area contributed by atoms with Gasteiger partial charge in [-0.25, -0.2) is 0 Å². The fraction of sp³-hybridized carbons (Fsp3) is 0.615. The maximum Gasteiger partial charge on any atom is 0.263 e. The lowest BCUT2D eigenvalue weighted by Gasteiger charge is -2.34. The first-order valence-corrected chi connectivity index (χ1v) is 7.81. The van der Waals surface area contributed by atoms with Gasteiger partial charge in [0.2, 0.25) is 0 Å². The number of nitrogens with zero attached hydrogens (tertiary/aromatic N) is 2. The fourth-order valence-corrected chi connectivity index (χ4v) is 3.80. The van der Waals surface area contributed by atoms with Crippen molar-refractivity contribution in [2.45, 2.75) is 25.8 Å². The average Bonchev–Trinajstić information content (AvgIpc) is 2.69. The van der Waals surface area contributed by atoms with Gasteiger partial charge in [0.1, 0.15) is 0 Å². The molecule has 100 valence electrons. The lowest BCUT2D eigenvalue weighted by Crippen LogP contribution is -2.44. The van der Waals surface area contributed by atoms with E-state index in [2.05, 4.69) is 27.9 Å². The Morgan fingerprint density at radius 3 is 2.61 bits per heavy atom. The molecular weight excluding hydrogens is 312 g/mol. The Morgan fingerprint density at radius 2 is 2.11 bits per heavy atom. The monoisotopic (exact) mass is 330 g/mol. The second-order valence-electron chi connectivity index (χ2n) is 5.02. The molecule has 0 aromatic carbocycles. The van der Waals surface area contributed by atoms with Gasteiger partial charge in [0.15, 0.2) is 0 Å². The maximum absolute atomic E-state index is 12.4. The summed E-state index contributed by atoms with van der Waals surface area (Å²) in [7, 11) is 4.07. The van der Waals surface area contributed by atoms with Crippen LogP contribution in [0.15, 0.2) is 9.85 Å². The molecule has 0 N–H and O–H groups in total. The van der Waals surface area contributed by atoms with Crippen LogP contribution in [0.1, 0.15) is 28.1 Å². The minimum absolute atomic E-state index is 0.156. The standard InChI is InChI=1S/C13H19BrN2OS/c1-9-8-11(18-12(9)14)13(17)16(3)10-4-6-15(2)7-5-10/h8,10H,4-7H2,1-3H3. The second kappa shape index (κ2) is 5.72. The van der Waals surface area contributed by atoms with E-state index in [1.54, 1.807) is 0 Å². The lowest BCUT2D eigenvalue weighted by atomic mass is 10.0. The molecule has 2 rings (SSSR count). The van der Waals surface area contributed by atoms with Crippen molar-refractivity contribution in [3.63, 3.8) is 0 Å². The van der Waals surface area contributed by atoms with Gasteiger partial charge in [-0.2, -0.15) is 0 Å². The zero-order chi connectivity index (χ0) is 13.3. The Hall–Kier alpha value is -0.390. The molecule has 0 radical (unpaired) electrons. The molecule has 0 saturated carbocycles. The average molecular weight is 331 g/mol. The van der Waals surface area contributed by atoms with Crippen LogP contribution >= 0.6 is 27.3 Å². The van der Waals surface area contributed by atoms with Crippen molar-refractivity contribution in [3.05, 3.63) is 20.3 Å². The highest BCUT2D eigenvalue weighted by atomic mass is 79.9. The van der Waals surface area contributed by atoms with Gasteiger partial charge in [0.25, 0.3) is 5.91 Å². The summed E-state index contributed by atoms with van der Waals surface area (Å²) in [5.41, 5.74) is 1.14. The van der Waals surface area contributed by atoms with Gasteiger partial charge in [-0.15, -0.1) is 11.3 Å². The third kappa shape index (κ3) is 2.95. The van der Waals surface area contributed by atoms with E-state index in [1.807, 2.05) is 24.9 Å². The minimum Gasteiger partial charge on any atom is -0.338 e. The van der Waals surface area contributed by atoms with Crippen LogP contribution in [0.4, 0.5) is 0 Å². The van der Waals surface area contributed by atoms with Crippen LogP contribution in [-0.4, -0.2) is 48.9 Å². The molecule has 3 nitrogen and oxygen atoms in total. The van der Waals surface area contributed by atoms with E-state index in [0.717, 1.165) is 40.2 Å². The number of likely N-dealkylation sites (tertiary alicyclic amines) is 1. The van der Waals surface area contributed by atoms with E-state index >= 15 is 0 Å². The normalized spacial score (nSPS) is 18.0. The number of piperidine rings is 1. The predicted molar refractivity (Wildman–Crippen MR) is 79.4 cm³/mol. The van der Waals surface area contributed by atoms with Crippen molar-refractivity contribution in [1.29, 1.82) is 0 Å². The Labute approximate surface area is 121 Å². The first-order valence-electron chi connectivity index (χ1n) is 6.20. The number of halogens is 1. The summed E-state index contributed by atoms with van der Waals surface area (Å²) < 4.78 is 1.06. The number of carbonyl (C=O) groups is 1. The van der Waals surface area contributed by atoms with Crippen molar-refractivity contribution in [2.75, 3.05) is 27.2 Å². The fourth-order valence-electron chi connectivity index (χ4n) is 2.29. The molecule has 5 heteroatoms. The molecule has 1 aliphatic rings. The van der Waals surface area contributed by atoms with E-state index < -0.39 is 0 Å². The first-order chi connectivity index (χ1) is 8.49. The molecule has 1 saturated heterocycles. The van der Waals surface area contributed by atoms with Crippen LogP contribution in [0, 0.1) is 6.92 Å². The number of hydrogen-bond donors (Lipinski definition) is 0. The Balaban J connectivity index is 2.04. The molecule has 0 atom stereocenters. The van der Waals surface area contributed by atoms with Gasteiger partial charge in [0.05, 0.1) is 8.66 Å². The van der Waals surface area contributed by atoms with Gasteiger partial charge in [-0.3, -0.25) is 4.79 Å². The zero-order valence-corrected chi connectivity index (χ0v) is 13.5. The summed E-state index contributed by atoms with van der Waals surface area (Å²) in [5.74, 6) is 0.156. The molecule has 0 aliphatic carbocycles.